The van der Waals surface area contributed by atoms with Gasteiger partial charge in [-0.05, 0) is 18.2 Å². The van der Waals surface area contributed by atoms with Crippen molar-refractivity contribution in [2.24, 2.45) is 0 Å². The molecule has 31 heavy (non-hydrogen) atoms. The number of halogens is 5. The molecule has 1 atom stereocenters. The van der Waals surface area contributed by atoms with Crippen LogP contribution in [0.5, 0.6) is 0 Å². The molecule has 1 aromatic heterocycles. The number of anilines is 1. The molecule has 1 aromatic carbocycles. The monoisotopic (exact) mass is 443 g/mol. The van der Waals surface area contributed by atoms with E-state index in [1.54, 1.807) is 0 Å². The van der Waals surface area contributed by atoms with E-state index in [1.165, 1.54) is 21.5 Å². The number of carbonyl (C=O) groups excluding carboxylic acids is 2. The summed E-state index contributed by atoms with van der Waals surface area (Å²) in [4.78, 5) is 27.9. The van der Waals surface area contributed by atoms with Gasteiger partial charge in [0.1, 0.15) is 17.7 Å². The molecule has 0 radical (unpaired) electrons. The van der Waals surface area contributed by atoms with Crippen molar-refractivity contribution < 1.29 is 31.5 Å². The molecular weight excluding hydrogens is 425 g/mol. The molecule has 7 nitrogen and oxygen atoms in total. The summed E-state index contributed by atoms with van der Waals surface area (Å²) in [6.07, 6.45) is -5.88. The maximum absolute atomic E-state index is 14.1. The van der Waals surface area contributed by atoms with Gasteiger partial charge >= 0.3 is 12.2 Å². The Balaban J connectivity index is 1.56. The number of alkyl halides is 4. The zero-order chi connectivity index (χ0) is 22.5. The smallest absolute Gasteiger partial charge is 0.337 e. The quantitative estimate of drug-likeness (QED) is 0.689. The van der Waals surface area contributed by atoms with E-state index >= 15 is 0 Å². The number of carbonyl (C=O) groups is 2. The van der Waals surface area contributed by atoms with Crippen LogP contribution < -0.4 is 5.32 Å². The average molecular weight is 443 g/mol. The van der Waals surface area contributed by atoms with Crippen molar-refractivity contribution in [1.82, 2.24) is 19.6 Å². The molecule has 0 saturated heterocycles. The van der Waals surface area contributed by atoms with E-state index in [0.717, 1.165) is 6.07 Å². The fourth-order valence-electron chi connectivity index (χ4n) is 3.80. The Morgan fingerprint density at radius 2 is 2.00 bits per heavy atom. The van der Waals surface area contributed by atoms with Gasteiger partial charge in [0.2, 0.25) is 0 Å². The molecule has 0 aliphatic carbocycles. The Kier molecular flexibility index (Phi) is 5.10. The second kappa shape index (κ2) is 7.50. The second-order valence-corrected chi connectivity index (χ2v) is 7.53. The highest BCUT2D eigenvalue weighted by Gasteiger charge is 2.36. The van der Waals surface area contributed by atoms with Gasteiger partial charge in [-0.3, -0.25) is 9.48 Å². The summed E-state index contributed by atoms with van der Waals surface area (Å²) in [5, 5.41) is 6.65. The highest BCUT2D eigenvalue weighted by molar-refractivity contribution is 5.95. The number of fused-ring (bicyclic) bond motifs is 3. The van der Waals surface area contributed by atoms with Crippen LogP contribution in [0, 0.1) is 5.82 Å². The van der Waals surface area contributed by atoms with Crippen LogP contribution in [0.2, 0.25) is 0 Å². The Hall–Kier alpha value is -3.18. The first-order chi connectivity index (χ1) is 14.5. The lowest BCUT2D eigenvalue weighted by Gasteiger charge is -2.27. The number of benzene rings is 1. The minimum absolute atomic E-state index is 0.0135. The van der Waals surface area contributed by atoms with Gasteiger partial charge in [0.05, 0.1) is 30.9 Å². The summed E-state index contributed by atoms with van der Waals surface area (Å²) < 4.78 is 67.6. The fraction of sp³-hybridized carbons (Fsp3) is 0.421. The topological polar surface area (TPSA) is 70.5 Å². The van der Waals surface area contributed by atoms with Crippen molar-refractivity contribution in [1.29, 1.82) is 0 Å². The Morgan fingerprint density at radius 3 is 2.71 bits per heavy atom. The van der Waals surface area contributed by atoms with Gasteiger partial charge in [-0.15, -0.1) is 0 Å². The van der Waals surface area contributed by atoms with E-state index in [0.29, 0.717) is 29.8 Å². The summed E-state index contributed by atoms with van der Waals surface area (Å²) in [5.74, 6) is -1.85. The van der Waals surface area contributed by atoms with Crippen LogP contribution >= 0.6 is 0 Å². The van der Waals surface area contributed by atoms with Gasteiger partial charge in [-0.1, -0.05) is 0 Å². The Bertz CT molecular complexity index is 1050. The van der Waals surface area contributed by atoms with Gasteiger partial charge in [-0.25, -0.2) is 13.6 Å². The predicted octanol–water partition coefficient (Wildman–Crippen LogP) is 3.05. The Labute approximate surface area is 173 Å². The van der Waals surface area contributed by atoms with Crippen molar-refractivity contribution in [2.75, 3.05) is 25.5 Å². The van der Waals surface area contributed by atoms with E-state index < -0.39 is 35.7 Å². The average Bonchev–Trinajstić information content (AvgIpc) is 2.99. The van der Waals surface area contributed by atoms with Crippen LogP contribution in [0.25, 0.3) is 0 Å². The summed E-state index contributed by atoms with van der Waals surface area (Å²) in [7, 11) is 1.48. The van der Waals surface area contributed by atoms with E-state index in [9.17, 15) is 31.5 Å². The third kappa shape index (κ3) is 3.93. The van der Waals surface area contributed by atoms with Crippen LogP contribution in [0.4, 0.5) is 32.4 Å². The third-order valence-corrected chi connectivity index (χ3v) is 5.30. The normalized spacial score (nSPS) is 19.0. The molecule has 3 amide bonds. The van der Waals surface area contributed by atoms with Gasteiger partial charge in [0.15, 0.2) is 0 Å². The zero-order valence-corrected chi connectivity index (χ0v) is 16.3. The van der Waals surface area contributed by atoms with E-state index in [4.69, 9.17) is 0 Å². The predicted molar refractivity (Wildman–Crippen MR) is 98.6 cm³/mol. The Morgan fingerprint density at radius 1 is 1.26 bits per heavy atom. The highest BCUT2D eigenvalue weighted by Crippen LogP contribution is 2.33. The molecule has 1 N–H and O–H groups in total. The summed E-state index contributed by atoms with van der Waals surface area (Å²) >= 11 is 0. The lowest BCUT2D eigenvalue weighted by molar-refractivity contribution is -0.139. The molecular formula is C19H18F5N5O2. The standard InChI is InChI=1S/C19H18F5N5O2/c1-27-7-10(20)8-29-16(17(27)30)12-9-28(5-4-15(12)26-29)18(31)25-11-2-3-14(21)13(6-11)19(22,23)24/h2-3,6,10H,4-5,7-9H2,1H3,(H,25,31). The largest absolute Gasteiger partial charge is 0.419 e. The van der Waals surface area contributed by atoms with E-state index in [-0.39, 0.29) is 37.6 Å². The van der Waals surface area contributed by atoms with Crippen molar-refractivity contribution in [3.63, 3.8) is 0 Å². The van der Waals surface area contributed by atoms with Crippen LogP contribution in [0.1, 0.15) is 27.3 Å². The molecule has 1 unspecified atom stereocenters. The second-order valence-electron chi connectivity index (χ2n) is 7.53. The number of amides is 3. The number of aromatic nitrogens is 2. The summed E-state index contributed by atoms with van der Waals surface area (Å²) in [5.41, 5.74) is -0.424. The molecule has 0 spiro atoms. The molecule has 3 heterocycles. The fourth-order valence-corrected chi connectivity index (χ4v) is 3.80. The van der Waals surface area contributed by atoms with Gasteiger partial charge in [-0.2, -0.15) is 18.3 Å². The molecule has 4 rings (SSSR count). The first-order valence-corrected chi connectivity index (χ1v) is 9.45. The van der Waals surface area contributed by atoms with Crippen molar-refractivity contribution >= 4 is 17.6 Å². The maximum Gasteiger partial charge on any atom is 0.419 e. The number of hydrogen-bond donors (Lipinski definition) is 1. The number of urea groups is 1. The first-order valence-electron chi connectivity index (χ1n) is 9.45. The van der Waals surface area contributed by atoms with Crippen molar-refractivity contribution in [3.05, 3.63) is 46.5 Å². The number of nitrogens with one attached hydrogen (secondary N) is 1. The van der Waals surface area contributed by atoms with Crippen molar-refractivity contribution in [3.8, 4) is 0 Å². The van der Waals surface area contributed by atoms with Gasteiger partial charge in [0.25, 0.3) is 5.91 Å². The minimum atomic E-state index is -4.90. The first kappa shape index (κ1) is 21.1. The molecule has 2 aliphatic heterocycles. The van der Waals surface area contributed by atoms with E-state index in [1.807, 2.05) is 0 Å². The molecule has 2 aliphatic rings. The summed E-state index contributed by atoms with van der Waals surface area (Å²) in [6, 6.07) is 1.48. The zero-order valence-electron chi connectivity index (χ0n) is 16.3. The summed E-state index contributed by atoms with van der Waals surface area (Å²) in [6.45, 7) is 0.0275. The lowest BCUT2D eigenvalue weighted by Crippen LogP contribution is -2.39. The van der Waals surface area contributed by atoms with Crippen LogP contribution in [-0.4, -0.2) is 57.8 Å². The third-order valence-electron chi connectivity index (χ3n) is 5.30. The minimum Gasteiger partial charge on any atom is -0.337 e. The van der Waals surface area contributed by atoms with Gasteiger partial charge < -0.3 is 15.1 Å². The lowest BCUT2D eigenvalue weighted by atomic mass is 10.0. The highest BCUT2D eigenvalue weighted by atomic mass is 19.4. The van der Waals surface area contributed by atoms with Crippen LogP contribution in [-0.2, 0) is 25.7 Å². The number of nitrogens with zero attached hydrogens (tertiary/aromatic N) is 4. The molecule has 2 aromatic rings. The SMILES string of the molecule is CN1CC(F)Cn2nc3c(c2C1=O)CN(C(=O)Nc1ccc(F)c(C(F)(F)F)c1)CC3. The molecule has 0 bridgehead atoms. The number of hydrogen-bond acceptors (Lipinski definition) is 3. The van der Waals surface area contributed by atoms with Gasteiger partial charge in [0, 0.05) is 31.3 Å². The van der Waals surface area contributed by atoms with Crippen LogP contribution in [0.3, 0.4) is 0 Å². The molecule has 0 fully saturated rings. The molecule has 0 saturated carbocycles. The van der Waals surface area contributed by atoms with Crippen molar-refractivity contribution in [2.45, 2.75) is 31.9 Å². The van der Waals surface area contributed by atoms with E-state index in [2.05, 4.69) is 10.4 Å². The van der Waals surface area contributed by atoms with Crippen LogP contribution in [0.15, 0.2) is 18.2 Å². The maximum atomic E-state index is 14.1. The molecule has 12 heteroatoms. The molecule has 166 valence electrons. The number of rotatable bonds is 1.